The summed E-state index contributed by atoms with van der Waals surface area (Å²) in [7, 11) is 0. The van der Waals surface area contributed by atoms with Crippen molar-refractivity contribution in [2.24, 2.45) is 0 Å². The fourth-order valence-corrected chi connectivity index (χ4v) is 4.40. The number of hydrogen-bond donors (Lipinski definition) is 1. The number of alkyl halides is 3. The molecule has 6 nitrogen and oxygen atoms in total. The van der Waals surface area contributed by atoms with Gasteiger partial charge < -0.3 is 14.6 Å². The largest absolute Gasteiger partial charge is 0.494 e. The topological polar surface area (TPSA) is 76.1 Å². The minimum absolute atomic E-state index is 0. The lowest BCUT2D eigenvalue weighted by atomic mass is 10.1. The van der Waals surface area contributed by atoms with Crippen LogP contribution in [0.25, 0.3) is 0 Å². The molecular weight excluding hydrogens is 570 g/mol. The molecular formula is C29H30Cl2F3NO5. The van der Waals surface area contributed by atoms with Crippen LogP contribution in [0.1, 0.15) is 41.7 Å². The van der Waals surface area contributed by atoms with E-state index in [1.54, 1.807) is 30.3 Å². The smallest absolute Gasteiger partial charge is 0.417 e. The lowest BCUT2D eigenvalue weighted by molar-refractivity contribution is -0.148. The number of rotatable bonds is 13. The van der Waals surface area contributed by atoms with Crippen LogP contribution in [0.3, 0.4) is 0 Å². The molecule has 1 atom stereocenters. The molecule has 0 aliphatic carbocycles. The van der Waals surface area contributed by atoms with Crippen molar-refractivity contribution in [2.45, 2.75) is 38.6 Å². The molecule has 3 aromatic carbocycles. The van der Waals surface area contributed by atoms with E-state index in [9.17, 15) is 22.8 Å². The molecule has 0 radical (unpaired) electrons. The Balaban J connectivity index is 0.00000560. The van der Waals surface area contributed by atoms with Crippen LogP contribution >= 0.6 is 24.0 Å². The Kier molecular flexibility index (Phi) is 12.8. The highest BCUT2D eigenvalue weighted by molar-refractivity contribution is 6.32. The number of carbonyl (C=O) groups excluding carboxylic acids is 1. The molecule has 1 unspecified atom stereocenters. The highest BCUT2D eigenvalue weighted by Crippen LogP contribution is 2.36. The summed E-state index contributed by atoms with van der Waals surface area (Å²) in [4.78, 5) is 24.7. The predicted octanol–water partition coefficient (Wildman–Crippen LogP) is 6.98. The van der Waals surface area contributed by atoms with Gasteiger partial charge in [0.15, 0.2) is 0 Å². The molecule has 0 amide bonds. The predicted molar refractivity (Wildman–Crippen MR) is 148 cm³/mol. The van der Waals surface area contributed by atoms with E-state index in [1.165, 1.54) is 13.0 Å². The number of nitrogens with zero attached hydrogens (tertiary/aromatic N) is 1. The second-order valence-corrected chi connectivity index (χ2v) is 9.32. The van der Waals surface area contributed by atoms with Gasteiger partial charge in [0.2, 0.25) is 0 Å². The molecule has 0 heterocycles. The van der Waals surface area contributed by atoms with Crippen LogP contribution < -0.4 is 4.74 Å². The van der Waals surface area contributed by atoms with Crippen molar-refractivity contribution in [3.05, 3.63) is 100 Å². The second-order valence-electron chi connectivity index (χ2n) is 8.94. The third-order valence-corrected chi connectivity index (χ3v) is 6.27. The van der Waals surface area contributed by atoms with Crippen molar-refractivity contribution in [3.63, 3.8) is 0 Å². The van der Waals surface area contributed by atoms with E-state index in [0.29, 0.717) is 29.8 Å². The third kappa shape index (κ3) is 10.4. The van der Waals surface area contributed by atoms with E-state index < -0.39 is 29.8 Å². The van der Waals surface area contributed by atoms with Crippen molar-refractivity contribution in [1.82, 2.24) is 4.90 Å². The summed E-state index contributed by atoms with van der Waals surface area (Å²) < 4.78 is 51.7. The number of ether oxygens (including phenoxy) is 2. The maximum atomic E-state index is 13.4. The summed E-state index contributed by atoms with van der Waals surface area (Å²) in [6.07, 6.45) is -4.88. The van der Waals surface area contributed by atoms with Gasteiger partial charge in [-0.05, 0) is 41.3 Å². The monoisotopic (exact) mass is 599 g/mol. The number of carboxylic acid groups (broad SMARTS) is 1. The first-order valence-electron chi connectivity index (χ1n) is 12.3. The van der Waals surface area contributed by atoms with Gasteiger partial charge in [-0.1, -0.05) is 66.2 Å². The van der Waals surface area contributed by atoms with Crippen LogP contribution in [0.4, 0.5) is 13.2 Å². The zero-order valence-corrected chi connectivity index (χ0v) is 23.3. The second kappa shape index (κ2) is 15.5. The first-order valence-corrected chi connectivity index (χ1v) is 12.6. The van der Waals surface area contributed by atoms with Gasteiger partial charge in [-0.15, -0.1) is 12.4 Å². The van der Waals surface area contributed by atoms with E-state index in [2.05, 4.69) is 0 Å². The normalized spacial score (nSPS) is 11.9. The number of benzene rings is 3. The lowest BCUT2D eigenvalue weighted by Gasteiger charge is -2.28. The number of aliphatic carboxylic acids is 1. The summed E-state index contributed by atoms with van der Waals surface area (Å²) >= 11 is 6.17. The standard InChI is InChI=1S/C29H29ClF3NO5.ClH/c1-20(35)39-26(22-9-3-2-4-10-22)19-34(18-23-11-6-13-25(28(23)30)29(31,32)33)14-7-15-38-24-12-5-8-21(16-24)17-27(36)37;/h2-6,8-13,16,26H,7,14-15,17-19H2,1H3,(H,36,37);1H. The Morgan fingerprint density at radius 1 is 1.02 bits per heavy atom. The first kappa shape index (κ1) is 32.9. The fraction of sp³-hybridized carbons (Fsp3) is 0.310. The fourth-order valence-electron chi connectivity index (χ4n) is 4.11. The molecule has 3 rings (SSSR count). The first-order chi connectivity index (χ1) is 18.5. The van der Waals surface area contributed by atoms with E-state index in [0.717, 1.165) is 11.6 Å². The Morgan fingerprint density at radius 3 is 2.38 bits per heavy atom. The Hall–Kier alpha value is -3.27. The average molecular weight is 600 g/mol. The minimum atomic E-state index is -4.59. The summed E-state index contributed by atoms with van der Waals surface area (Å²) in [5.74, 6) is -0.912. The number of halogens is 5. The van der Waals surface area contributed by atoms with Gasteiger partial charge in [-0.3, -0.25) is 14.5 Å². The molecule has 11 heteroatoms. The minimum Gasteiger partial charge on any atom is -0.494 e. The van der Waals surface area contributed by atoms with Crippen LogP contribution in [0.15, 0.2) is 72.8 Å². The van der Waals surface area contributed by atoms with E-state index in [1.807, 2.05) is 35.2 Å². The summed E-state index contributed by atoms with van der Waals surface area (Å²) in [6.45, 7) is 2.26. The maximum absolute atomic E-state index is 13.4. The van der Waals surface area contributed by atoms with Gasteiger partial charge in [0.05, 0.1) is 23.6 Å². The zero-order chi connectivity index (χ0) is 28.4. The molecule has 40 heavy (non-hydrogen) atoms. The average Bonchev–Trinajstić information content (AvgIpc) is 2.86. The number of esters is 1. The van der Waals surface area contributed by atoms with Crippen molar-refractivity contribution in [1.29, 1.82) is 0 Å². The van der Waals surface area contributed by atoms with Gasteiger partial charge in [0, 0.05) is 26.6 Å². The summed E-state index contributed by atoms with van der Waals surface area (Å²) in [5, 5.41) is 8.62. The van der Waals surface area contributed by atoms with Gasteiger partial charge in [-0.25, -0.2) is 0 Å². The molecule has 216 valence electrons. The van der Waals surface area contributed by atoms with Gasteiger partial charge in [0.1, 0.15) is 11.9 Å². The summed E-state index contributed by atoms with van der Waals surface area (Å²) in [6, 6.07) is 19.7. The molecule has 0 aliphatic rings. The van der Waals surface area contributed by atoms with Crippen LogP contribution in [0.2, 0.25) is 5.02 Å². The molecule has 0 bridgehead atoms. The molecule has 0 saturated heterocycles. The van der Waals surface area contributed by atoms with Crippen LogP contribution in [-0.2, 0) is 33.5 Å². The lowest BCUT2D eigenvalue weighted by Crippen LogP contribution is -2.32. The van der Waals surface area contributed by atoms with Gasteiger partial charge in [-0.2, -0.15) is 13.2 Å². The zero-order valence-electron chi connectivity index (χ0n) is 21.7. The Morgan fingerprint density at radius 2 is 1.73 bits per heavy atom. The maximum Gasteiger partial charge on any atom is 0.417 e. The molecule has 1 N–H and O–H groups in total. The molecule has 0 aromatic heterocycles. The van der Waals surface area contributed by atoms with E-state index in [-0.39, 0.29) is 43.5 Å². The molecule has 0 saturated carbocycles. The molecule has 3 aromatic rings. The Labute approximate surface area is 242 Å². The van der Waals surface area contributed by atoms with Crippen molar-refractivity contribution >= 4 is 35.9 Å². The van der Waals surface area contributed by atoms with Crippen molar-refractivity contribution in [3.8, 4) is 5.75 Å². The van der Waals surface area contributed by atoms with E-state index in [4.69, 9.17) is 26.2 Å². The molecule has 0 fully saturated rings. The number of carbonyl (C=O) groups is 2. The Bertz CT molecular complexity index is 1260. The van der Waals surface area contributed by atoms with Crippen LogP contribution in [0.5, 0.6) is 5.75 Å². The van der Waals surface area contributed by atoms with E-state index >= 15 is 0 Å². The molecule has 0 aliphatic heterocycles. The van der Waals surface area contributed by atoms with Crippen LogP contribution in [-0.4, -0.2) is 41.6 Å². The molecule has 0 spiro atoms. The number of carboxylic acids is 1. The van der Waals surface area contributed by atoms with Gasteiger partial charge in [0.25, 0.3) is 0 Å². The summed E-state index contributed by atoms with van der Waals surface area (Å²) in [5.41, 5.74) is 0.737. The van der Waals surface area contributed by atoms with Crippen LogP contribution in [0, 0.1) is 0 Å². The highest BCUT2D eigenvalue weighted by atomic mass is 35.5. The van der Waals surface area contributed by atoms with Crippen molar-refractivity contribution < 1.29 is 37.3 Å². The van der Waals surface area contributed by atoms with Crippen molar-refractivity contribution in [2.75, 3.05) is 19.7 Å². The quantitative estimate of drug-likeness (QED) is 0.169. The van der Waals surface area contributed by atoms with Gasteiger partial charge >= 0.3 is 18.1 Å². The SMILES string of the molecule is CC(=O)OC(CN(CCCOc1cccc(CC(=O)O)c1)Cc1cccc(C(F)(F)F)c1Cl)c1ccccc1.Cl. The number of hydrogen-bond acceptors (Lipinski definition) is 5. The highest BCUT2D eigenvalue weighted by Gasteiger charge is 2.34. The third-order valence-electron chi connectivity index (χ3n) is 5.82.